The van der Waals surface area contributed by atoms with E-state index in [-0.39, 0.29) is 17.9 Å². The quantitative estimate of drug-likeness (QED) is 0.684. The first-order valence-corrected chi connectivity index (χ1v) is 9.30. The van der Waals surface area contributed by atoms with Crippen LogP contribution < -0.4 is 0 Å². The van der Waals surface area contributed by atoms with Crippen LogP contribution in [0.1, 0.15) is 19.8 Å². The van der Waals surface area contributed by atoms with Crippen LogP contribution in [-0.4, -0.2) is 106 Å². The minimum Gasteiger partial charge on any atom is -0.466 e. The summed E-state index contributed by atoms with van der Waals surface area (Å²) in [4.78, 5) is 33.4. The van der Waals surface area contributed by atoms with Gasteiger partial charge < -0.3 is 24.3 Å². The number of urea groups is 1. The molecule has 2 rings (SSSR count). The first kappa shape index (κ1) is 20.0. The van der Waals surface area contributed by atoms with E-state index in [2.05, 4.69) is 23.9 Å². The van der Waals surface area contributed by atoms with Crippen molar-refractivity contribution in [3.05, 3.63) is 0 Å². The molecule has 7 heteroatoms. The average molecular weight is 354 g/mol. The van der Waals surface area contributed by atoms with Crippen LogP contribution in [0.3, 0.4) is 0 Å². The molecule has 25 heavy (non-hydrogen) atoms. The Bertz CT molecular complexity index is 483. The van der Waals surface area contributed by atoms with Gasteiger partial charge in [0.1, 0.15) is 0 Å². The second-order valence-corrected chi connectivity index (χ2v) is 7.84. The number of hydrogen-bond donors (Lipinski definition) is 0. The number of amides is 2. The molecule has 0 spiro atoms. The molecule has 2 atom stereocenters. The molecule has 0 unspecified atom stereocenters. The van der Waals surface area contributed by atoms with Gasteiger partial charge >= 0.3 is 12.0 Å². The summed E-state index contributed by atoms with van der Waals surface area (Å²) in [6.07, 6.45) is 1.64. The third kappa shape index (κ3) is 4.44. The van der Waals surface area contributed by atoms with E-state index in [9.17, 15) is 9.59 Å². The van der Waals surface area contributed by atoms with E-state index in [1.54, 1.807) is 19.0 Å². The van der Waals surface area contributed by atoms with Crippen LogP contribution >= 0.6 is 0 Å². The van der Waals surface area contributed by atoms with Gasteiger partial charge in [0.25, 0.3) is 0 Å². The number of carbonyl (C=O) groups is 2. The Balaban J connectivity index is 2.19. The molecule has 0 N–H and O–H groups in total. The molecule has 144 valence electrons. The second-order valence-electron chi connectivity index (χ2n) is 7.84. The van der Waals surface area contributed by atoms with Gasteiger partial charge in [-0.1, -0.05) is 0 Å². The lowest BCUT2D eigenvalue weighted by molar-refractivity contribution is -0.157. The van der Waals surface area contributed by atoms with Gasteiger partial charge in [-0.15, -0.1) is 0 Å². The van der Waals surface area contributed by atoms with Crippen LogP contribution in [0.2, 0.25) is 0 Å². The first-order chi connectivity index (χ1) is 11.8. The highest BCUT2D eigenvalue weighted by Crippen LogP contribution is 2.43. The van der Waals surface area contributed by atoms with E-state index in [4.69, 9.17) is 4.74 Å². The predicted octanol–water partition coefficient (Wildman–Crippen LogP) is 0.807. The van der Waals surface area contributed by atoms with E-state index in [0.29, 0.717) is 19.7 Å². The molecule has 0 aromatic carbocycles. The van der Waals surface area contributed by atoms with Crippen molar-refractivity contribution in [2.75, 3.05) is 74.1 Å². The molecule has 0 aromatic rings. The largest absolute Gasteiger partial charge is 0.466 e. The first-order valence-electron chi connectivity index (χ1n) is 9.30. The zero-order chi connectivity index (χ0) is 18.6. The van der Waals surface area contributed by atoms with Crippen LogP contribution in [-0.2, 0) is 9.53 Å². The van der Waals surface area contributed by atoms with Crippen molar-refractivity contribution in [2.24, 2.45) is 11.3 Å². The second kappa shape index (κ2) is 8.36. The number of likely N-dealkylation sites (N-methyl/N-ethyl adjacent to an activating group) is 1. The van der Waals surface area contributed by atoms with E-state index in [0.717, 1.165) is 39.0 Å². The van der Waals surface area contributed by atoms with Crippen LogP contribution in [0.5, 0.6) is 0 Å². The Morgan fingerprint density at radius 3 is 2.52 bits per heavy atom. The molecular weight excluding hydrogens is 320 g/mol. The third-order valence-corrected chi connectivity index (χ3v) is 5.46. The summed E-state index contributed by atoms with van der Waals surface area (Å²) >= 11 is 0. The SMILES string of the molecule is CCOC(=O)[C@]12CCCN(C(=O)N(C)C)C[C@H]1CN(CCN(C)C)C2. The highest BCUT2D eigenvalue weighted by molar-refractivity contribution is 5.79. The minimum absolute atomic E-state index is 0.0337. The van der Waals surface area contributed by atoms with Crippen molar-refractivity contribution in [3.8, 4) is 0 Å². The fourth-order valence-corrected chi connectivity index (χ4v) is 4.11. The number of hydrogen-bond acceptors (Lipinski definition) is 5. The van der Waals surface area contributed by atoms with Crippen LogP contribution in [0.15, 0.2) is 0 Å². The summed E-state index contributed by atoms with van der Waals surface area (Å²) in [7, 11) is 7.69. The molecule has 2 saturated heterocycles. The smallest absolute Gasteiger partial charge is 0.319 e. The minimum atomic E-state index is -0.469. The zero-order valence-corrected chi connectivity index (χ0v) is 16.5. The summed E-state index contributed by atoms with van der Waals surface area (Å²) < 4.78 is 5.47. The number of likely N-dealkylation sites (tertiary alicyclic amines) is 2. The summed E-state index contributed by atoms with van der Waals surface area (Å²) in [5, 5.41) is 0. The summed E-state index contributed by atoms with van der Waals surface area (Å²) in [6, 6.07) is 0.0337. The van der Waals surface area contributed by atoms with Crippen molar-refractivity contribution in [2.45, 2.75) is 19.8 Å². The zero-order valence-electron chi connectivity index (χ0n) is 16.5. The molecule has 0 aromatic heterocycles. The van der Waals surface area contributed by atoms with Crippen LogP contribution in [0.25, 0.3) is 0 Å². The number of carbonyl (C=O) groups excluding carboxylic acids is 2. The van der Waals surface area contributed by atoms with E-state index < -0.39 is 5.41 Å². The molecule has 0 bridgehead atoms. The van der Waals surface area contributed by atoms with Gasteiger partial charge in [-0.3, -0.25) is 4.79 Å². The number of fused-ring (bicyclic) bond motifs is 1. The molecule has 0 radical (unpaired) electrons. The maximum absolute atomic E-state index is 12.9. The average Bonchev–Trinajstić information content (AvgIpc) is 2.80. The van der Waals surface area contributed by atoms with Crippen molar-refractivity contribution in [1.82, 2.24) is 19.6 Å². The maximum Gasteiger partial charge on any atom is 0.319 e. The molecule has 2 fully saturated rings. The molecule has 0 aliphatic carbocycles. The Kier molecular flexibility index (Phi) is 6.68. The topological polar surface area (TPSA) is 56.3 Å². The summed E-state index contributed by atoms with van der Waals surface area (Å²) in [6.45, 7) is 7.11. The molecule has 0 saturated carbocycles. The number of esters is 1. The van der Waals surface area contributed by atoms with E-state index in [1.165, 1.54) is 0 Å². The molecular formula is C18H34N4O3. The lowest BCUT2D eigenvalue weighted by Crippen LogP contribution is -2.45. The van der Waals surface area contributed by atoms with E-state index >= 15 is 0 Å². The molecule has 7 nitrogen and oxygen atoms in total. The number of nitrogens with zero attached hydrogens (tertiary/aromatic N) is 4. The summed E-state index contributed by atoms with van der Waals surface area (Å²) in [5.74, 6) is 0.0617. The Hall–Kier alpha value is -1.34. The third-order valence-electron chi connectivity index (χ3n) is 5.46. The monoisotopic (exact) mass is 354 g/mol. The van der Waals surface area contributed by atoms with E-state index in [1.807, 2.05) is 11.8 Å². The Morgan fingerprint density at radius 2 is 1.92 bits per heavy atom. The van der Waals surface area contributed by atoms with Crippen LogP contribution in [0.4, 0.5) is 4.79 Å². The van der Waals surface area contributed by atoms with Gasteiger partial charge in [-0.25, -0.2) is 4.79 Å². The Labute approximate surface area is 151 Å². The van der Waals surface area contributed by atoms with Gasteiger partial charge in [0.15, 0.2) is 0 Å². The van der Waals surface area contributed by atoms with Gasteiger partial charge in [0.2, 0.25) is 0 Å². The van der Waals surface area contributed by atoms with Crippen molar-refractivity contribution in [1.29, 1.82) is 0 Å². The highest BCUT2D eigenvalue weighted by Gasteiger charge is 2.54. The van der Waals surface area contributed by atoms with Crippen molar-refractivity contribution in [3.63, 3.8) is 0 Å². The molecule has 2 aliphatic heterocycles. The number of ether oxygens (including phenoxy) is 1. The predicted molar refractivity (Wildman–Crippen MR) is 97.4 cm³/mol. The highest BCUT2D eigenvalue weighted by atomic mass is 16.5. The fraction of sp³-hybridized carbons (Fsp3) is 0.889. The fourth-order valence-electron chi connectivity index (χ4n) is 4.11. The molecule has 2 heterocycles. The van der Waals surface area contributed by atoms with Gasteiger partial charge in [-0.05, 0) is 33.9 Å². The standard InChI is InChI=1S/C18H34N4O3/c1-6-25-16(23)18-8-7-9-22(17(24)20(4)5)13-15(18)12-21(14-18)11-10-19(2)3/h15H,6-14H2,1-5H3/t15-,18+/m1/s1. The van der Waals surface area contributed by atoms with Crippen molar-refractivity contribution < 1.29 is 14.3 Å². The van der Waals surface area contributed by atoms with Gasteiger partial charge in [-0.2, -0.15) is 0 Å². The maximum atomic E-state index is 12.9. The number of rotatable bonds is 5. The van der Waals surface area contributed by atoms with Crippen molar-refractivity contribution >= 4 is 12.0 Å². The van der Waals surface area contributed by atoms with Crippen LogP contribution in [0, 0.1) is 11.3 Å². The van der Waals surface area contributed by atoms with Gasteiger partial charge in [0, 0.05) is 59.3 Å². The lowest BCUT2D eigenvalue weighted by atomic mass is 9.75. The normalized spacial score (nSPS) is 27.1. The molecule has 2 aliphatic rings. The summed E-state index contributed by atoms with van der Waals surface area (Å²) in [5.41, 5.74) is -0.469. The Morgan fingerprint density at radius 1 is 1.20 bits per heavy atom. The molecule has 2 amide bonds. The lowest BCUT2D eigenvalue weighted by Gasteiger charge is -2.32. The van der Waals surface area contributed by atoms with Gasteiger partial charge in [0.05, 0.1) is 12.0 Å².